The summed E-state index contributed by atoms with van der Waals surface area (Å²) in [7, 11) is 0. The molecule has 3 aliphatic rings. The molecule has 2 aliphatic carbocycles. The molecule has 1 heterocycles. The van der Waals surface area contributed by atoms with Crippen LogP contribution in [0.15, 0.2) is 36.4 Å². The van der Waals surface area contributed by atoms with Crippen LogP contribution >= 0.6 is 0 Å². The van der Waals surface area contributed by atoms with Gasteiger partial charge in [-0.25, -0.2) is 0 Å². The second-order valence-electron chi connectivity index (χ2n) is 6.11. The van der Waals surface area contributed by atoms with Gasteiger partial charge >= 0.3 is 0 Å². The number of imide groups is 1. The van der Waals surface area contributed by atoms with E-state index in [-0.39, 0.29) is 41.3 Å². The summed E-state index contributed by atoms with van der Waals surface area (Å²) < 4.78 is 0. The molecule has 4 rings (SSSR count). The Hall–Kier alpha value is -2.23. The molecule has 2 fully saturated rings. The lowest BCUT2D eigenvalue weighted by atomic mass is 9.85. The smallest absolute Gasteiger partial charge is 0.238 e. The number of benzene rings is 1. The van der Waals surface area contributed by atoms with Crippen molar-refractivity contribution in [2.45, 2.75) is 13.3 Å². The van der Waals surface area contributed by atoms with Gasteiger partial charge in [0, 0.05) is 5.56 Å². The van der Waals surface area contributed by atoms with Gasteiger partial charge in [0.2, 0.25) is 11.8 Å². The van der Waals surface area contributed by atoms with Crippen LogP contribution in [-0.2, 0) is 9.59 Å². The van der Waals surface area contributed by atoms with Crippen molar-refractivity contribution in [1.29, 1.82) is 0 Å². The predicted octanol–water partition coefficient (Wildman–Crippen LogP) is 2.20. The van der Waals surface area contributed by atoms with Crippen LogP contribution in [0.5, 0.6) is 0 Å². The number of Topliss-reactive ketones (excluding diaryl/α,β-unsaturated/α-hetero) is 1. The third-order valence-corrected chi connectivity index (χ3v) is 5.00. The highest BCUT2D eigenvalue weighted by Gasteiger charge is 2.59. The minimum atomic E-state index is -0.181. The molecule has 0 N–H and O–H groups in total. The van der Waals surface area contributed by atoms with Crippen LogP contribution in [0.4, 0.5) is 5.69 Å². The third kappa shape index (κ3) is 1.59. The van der Waals surface area contributed by atoms with Gasteiger partial charge in [0.25, 0.3) is 0 Å². The van der Waals surface area contributed by atoms with E-state index < -0.39 is 0 Å². The second kappa shape index (κ2) is 4.13. The average Bonchev–Trinajstić information content (AvgIpc) is 3.13. The molecule has 4 atom stereocenters. The summed E-state index contributed by atoms with van der Waals surface area (Å²) >= 11 is 0. The van der Waals surface area contributed by atoms with Crippen molar-refractivity contribution in [2.24, 2.45) is 23.7 Å². The summed E-state index contributed by atoms with van der Waals surface area (Å²) in [4.78, 5) is 37.8. The Morgan fingerprint density at radius 1 is 1.00 bits per heavy atom. The highest BCUT2D eigenvalue weighted by atomic mass is 16.2. The molecule has 21 heavy (non-hydrogen) atoms. The van der Waals surface area contributed by atoms with Crippen molar-refractivity contribution in [3.8, 4) is 0 Å². The van der Waals surface area contributed by atoms with Crippen molar-refractivity contribution < 1.29 is 14.4 Å². The molecule has 0 aromatic heterocycles. The molecule has 1 saturated carbocycles. The van der Waals surface area contributed by atoms with E-state index in [2.05, 4.69) is 12.2 Å². The fraction of sp³-hybridized carbons (Fsp3) is 0.353. The largest absolute Gasteiger partial charge is 0.295 e. The van der Waals surface area contributed by atoms with Gasteiger partial charge in [-0.2, -0.15) is 0 Å². The number of hydrogen-bond acceptors (Lipinski definition) is 3. The standard InChI is InChI=1S/C17H15NO3/c1-9(19)10-4-6-13(7-5-10)18-16(20)14-11-2-3-12(8-11)15(14)17(18)21/h2-7,11-12,14-15H,8H2,1H3/t11-,12+,14-,15+. The van der Waals surface area contributed by atoms with Gasteiger partial charge in [-0.1, -0.05) is 12.2 Å². The minimum absolute atomic E-state index is 0.0280. The normalized spacial score (nSPS) is 32.9. The zero-order valence-corrected chi connectivity index (χ0v) is 11.7. The molecule has 0 spiro atoms. The second-order valence-corrected chi connectivity index (χ2v) is 6.11. The lowest BCUT2D eigenvalue weighted by Crippen LogP contribution is -2.32. The fourth-order valence-corrected chi connectivity index (χ4v) is 4.00. The van der Waals surface area contributed by atoms with Gasteiger partial charge < -0.3 is 0 Å². The Morgan fingerprint density at radius 2 is 1.52 bits per heavy atom. The average molecular weight is 281 g/mol. The van der Waals surface area contributed by atoms with Gasteiger partial charge in [-0.05, 0) is 49.4 Å². The van der Waals surface area contributed by atoms with Crippen LogP contribution in [0.3, 0.4) is 0 Å². The molecule has 4 heteroatoms. The van der Waals surface area contributed by atoms with Crippen LogP contribution in [-0.4, -0.2) is 17.6 Å². The summed E-state index contributed by atoms with van der Waals surface area (Å²) in [6.07, 6.45) is 5.10. The van der Waals surface area contributed by atoms with Gasteiger partial charge in [-0.15, -0.1) is 0 Å². The Bertz CT molecular complexity index is 658. The molecule has 1 aromatic rings. The van der Waals surface area contributed by atoms with Crippen LogP contribution in [0.2, 0.25) is 0 Å². The molecule has 106 valence electrons. The third-order valence-electron chi connectivity index (χ3n) is 5.00. The Labute approximate surface area is 122 Å². The molecule has 0 radical (unpaired) electrons. The van der Waals surface area contributed by atoms with Crippen molar-refractivity contribution >= 4 is 23.3 Å². The summed E-state index contributed by atoms with van der Waals surface area (Å²) in [5.74, 6) is -0.120. The minimum Gasteiger partial charge on any atom is -0.295 e. The lowest BCUT2D eigenvalue weighted by molar-refractivity contribution is -0.123. The summed E-state index contributed by atoms with van der Waals surface area (Å²) in [5.41, 5.74) is 1.16. The number of nitrogens with zero attached hydrogens (tertiary/aromatic N) is 1. The molecule has 1 aromatic carbocycles. The van der Waals surface area contributed by atoms with Gasteiger partial charge in [-0.3, -0.25) is 19.3 Å². The SMILES string of the molecule is CC(=O)c1ccc(N2C(=O)[C@@H]3[C@H](C2=O)[C@@H]2C=C[C@H]3C2)cc1. The number of hydrogen-bond donors (Lipinski definition) is 0. The highest BCUT2D eigenvalue weighted by molar-refractivity contribution is 6.22. The van der Waals surface area contributed by atoms with Gasteiger partial charge in [0.15, 0.2) is 5.78 Å². The molecule has 1 aliphatic heterocycles. The monoisotopic (exact) mass is 281 g/mol. The van der Waals surface area contributed by atoms with Crippen molar-refractivity contribution in [2.75, 3.05) is 4.90 Å². The number of carbonyl (C=O) groups excluding carboxylic acids is 3. The number of rotatable bonds is 2. The summed E-state index contributed by atoms with van der Waals surface area (Å²) in [6.45, 7) is 1.49. The zero-order chi connectivity index (χ0) is 14.7. The maximum atomic E-state index is 12.6. The highest BCUT2D eigenvalue weighted by Crippen LogP contribution is 2.53. The lowest BCUT2D eigenvalue weighted by Gasteiger charge is -2.17. The summed E-state index contributed by atoms with van der Waals surface area (Å²) in [6, 6.07) is 6.70. The molecule has 4 nitrogen and oxygen atoms in total. The zero-order valence-electron chi connectivity index (χ0n) is 11.7. The molecule has 1 saturated heterocycles. The first-order valence-corrected chi connectivity index (χ1v) is 7.25. The van der Waals surface area contributed by atoms with E-state index in [4.69, 9.17) is 0 Å². The van der Waals surface area contributed by atoms with Gasteiger partial charge in [0.1, 0.15) is 0 Å². The van der Waals surface area contributed by atoms with E-state index in [9.17, 15) is 14.4 Å². The quantitative estimate of drug-likeness (QED) is 0.474. The Morgan fingerprint density at radius 3 is 2.00 bits per heavy atom. The van der Waals surface area contributed by atoms with E-state index in [1.54, 1.807) is 24.3 Å². The summed E-state index contributed by atoms with van der Waals surface area (Å²) in [5, 5.41) is 0. The first-order chi connectivity index (χ1) is 10.1. The predicted molar refractivity (Wildman–Crippen MR) is 76.7 cm³/mol. The van der Waals surface area contributed by atoms with E-state index >= 15 is 0 Å². The number of allylic oxidation sites excluding steroid dienone is 2. The van der Waals surface area contributed by atoms with Gasteiger partial charge in [0.05, 0.1) is 17.5 Å². The molecule has 2 bridgehead atoms. The topological polar surface area (TPSA) is 54.5 Å². The molecule has 2 amide bonds. The van der Waals surface area contributed by atoms with Crippen molar-refractivity contribution in [3.63, 3.8) is 0 Å². The number of amides is 2. The van der Waals surface area contributed by atoms with Crippen LogP contribution in [0, 0.1) is 23.7 Å². The van der Waals surface area contributed by atoms with E-state index in [1.807, 2.05) is 0 Å². The fourth-order valence-electron chi connectivity index (χ4n) is 4.00. The molecular formula is C17H15NO3. The van der Waals surface area contributed by atoms with Crippen LogP contribution < -0.4 is 4.90 Å². The van der Waals surface area contributed by atoms with E-state index in [1.165, 1.54) is 11.8 Å². The maximum Gasteiger partial charge on any atom is 0.238 e. The first kappa shape index (κ1) is 12.5. The molecule has 0 unspecified atom stereocenters. The van der Waals surface area contributed by atoms with Crippen LogP contribution in [0.1, 0.15) is 23.7 Å². The number of carbonyl (C=O) groups is 3. The van der Waals surface area contributed by atoms with Crippen molar-refractivity contribution in [3.05, 3.63) is 42.0 Å². The Kier molecular flexibility index (Phi) is 2.46. The van der Waals surface area contributed by atoms with Crippen molar-refractivity contribution in [1.82, 2.24) is 0 Å². The number of fused-ring (bicyclic) bond motifs is 5. The Balaban J connectivity index is 1.69. The number of ketones is 1. The molecular weight excluding hydrogens is 266 g/mol. The number of anilines is 1. The first-order valence-electron chi connectivity index (χ1n) is 7.25. The maximum absolute atomic E-state index is 12.6. The van der Waals surface area contributed by atoms with E-state index in [0.717, 1.165) is 6.42 Å². The van der Waals surface area contributed by atoms with Crippen LogP contribution in [0.25, 0.3) is 0 Å². The van der Waals surface area contributed by atoms with E-state index in [0.29, 0.717) is 11.3 Å².